The molecule has 8 rings (SSSR count). The Bertz CT molecular complexity index is 1450. The summed E-state index contributed by atoms with van der Waals surface area (Å²) in [6.07, 6.45) is 5.86. The van der Waals surface area contributed by atoms with Crippen LogP contribution in [-0.2, 0) is 0 Å². The van der Waals surface area contributed by atoms with E-state index in [1.165, 1.54) is 12.1 Å². The van der Waals surface area contributed by atoms with Crippen molar-refractivity contribution < 1.29 is 4.79 Å². The van der Waals surface area contributed by atoms with Crippen LogP contribution >= 0.6 is 23.2 Å². The molecule has 0 spiro atoms. The molecule has 2 fully saturated rings. The smallest absolute Gasteiger partial charge is 0.266 e. The molecule has 0 radical (unpaired) electrons. The zero-order chi connectivity index (χ0) is 25.8. The largest absolute Gasteiger partial charge is 0.290 e. The van der Waals surface area contributed by atoms with E-state index in [0.717, 1.165) is 48.3 Å². The molecule has 1 N–H and O–H groups in total. The van der Waals surface area contributed by atoms with Gasteiger partial charge in [-0.25, -0.2) is 4.68 Å². The summed E-state index contributed by atoms with van der Waals surface area (Å²) >= 11 is 12.9. The third kappa shape index (κ3) is 4.09. The fourth-order valence-corrected chi connectivity index (χ4v) is 7.63. The number of aromatic nitrogens is 2. The Balaban J connectivity index is 1.36. The van der Waals surface area contributed by atoms with E-state index >= 15 is 0 Å². The maximum absolute atomic E-state index is 14.2. The maximum Gasteiger partial charge on any atom is 0.290 e. The van der Waals surface area contributed by atoms with Crippen LogP contribution in [0.5, 0.6) is 0 Å². The lowest BCUT2D eigenvalue weighted by molar-refractivity contribution is 0.0945. The Morgan fingerprint density at radius 3 is 2.03 bits per heavy atom. The molecule has 1 aromatic heterocycles. The number of anilines is 2. The molecule has 4 aliphatic carbocycles. The van der Waals surface area contributed by atoms with Crippen LogP contribution in [-0.4, -0.2) is 15.7 Å². The van der Waals surface area contributed by atoms with Gasteiger partial charge < -0.3 is 0 Å². The first-order valence-electron chi connectivity index (χ1n) is 13.3. The van der Waals surface area contributed by atoms with Gasteiger partial charge in [0, 0.05) is 16.5 Å². The van der Waals surface area contributed by atoms with Crippen LogP contribution in [0.3, 0.4) is 0 Å². The Morgan fingerprint density at radius 1 is 0.816 bits per heavy atom. The van der Waals surface area contributed by atoms with Crippen LogP contribution in [0.1, 0.15) is 65.7 Å². The van der Waals surface area contributed by atoms with E-state index < -0.39 is 0 Å². The molecule has 1 heterocycles. The highest BCUT2D eigenvalue weighted by atomic mass is 35.5. The minimum atomic E-state index is -0.209. The number of nitrogens with zero attached hydrogens (tertiary/aromatic N) is 3. The first-order chi connectivity index (χ1) is 18.5. The molecule has 4 bridgehead atoms. The summed E-state index contributed by atoms with van der Waals surface area (Å²) in [5.74, 6) is 1.92. The second-order valence-electron chi connectivity index (χ2n) is 10.9. The molecule has 2 unspecified atom stereocenters. The number of halogens is 2. The van der Waals surface area contributed by atoms with Gasteiger partial charge in [0.2, 0.25) is 0 Å². The summed E-state index contributed by atoms with van der Waals surface area (Å²) in [6, 6.07) is 25.3. The normalized spacial score (nSPS) is 23.1. The minimum Gasteiger partial charge on any atom is -0.266 e. The monoisotopic (exact) mass is 542 g/mol. The van der Waals surface area contributed by atoms with Gasteiger partial charge in [0.05, 0.1) is 27.8 Å². The molecule has 0 saturated heterocycles. The maximum atomic E-state index is 14.2. The summed E-state index contributed by atoms with van der Waals surface area (Å²) in [5, 5.41) is 7.96. The average Bonchev–Trinajstić information content (AvgIpc) is 3.24. The van der Waals surface area contributed by atoms with Gasteiger partial charge in [-0.3, -0.25) is 15.2 Å². The summed E-state index contributed by atoms with van der Waals surface area (Å²) in [7, 11) is 0. The molecule has 7 heteroatoms. The number of para-hydroxylation sites is 2. The quantitative estimate of drug-likeness (QED) is 0.259. The van der Waals surface area contributed by atoms with Crippen molar-refractivity contribution in [2.75, 3.05) is 5.01 Å². The molecule has 4 aromatic rings. The Kier molecular flexibility index (Phi) is 5.94. The van der Waals surface area contributed by atoms with Gasteiger partial charge >= 0.3 is 0 Å². The van der Waals surface area contributed by atoms with E-state index in [0.29, 0.717) is 39.4 Å². The number of carbonyl (C=O) groups excluding carboxylic acids is 1. The molecule has 5 nitrogen and oxygen atoms in total. The summed E-state index contributed by atoms with van der Waals surface area (Å²) in [4.78, 5) is 14.2. The van der Waals surface area contributed by atoms with Gasteiger partial charge in [0.25, 0.3) is 5.91 Å². The van der Waals surface area contributed by atoms with Crippen LogP contribution in [0, 0.1) is 11.8 Å². The standard InChI is InChI=1S/C31H28Cl2N4O/c32-23-11-12-27(26(33)18-23)37-30-22-16-19-13-20(17-22)15-21(14-19)28(30)29(34-37)31(38)35-36(24-7-3-1-4-8-24)25-9-5-2-6-10-25/h1-12,18-22H,13-17H2,(H,35,38). The van der Waals surface area contributed by atoms with Crippen LogP contribution in [0.4, 0.5) is 11.4 Å². The molecule has 38 heavy (non-hydrogen) atoms. The van der Waals surface area contributed by atoms with Crippen molar-refractivity contribution in [2.45, 2.75) is 43.9 Å². The van der Waals surface area contributed by atoms with Gasteiger partial charge in [-0.15, -0.1) is 0 Å². The predicted molar refractivity (Wildman–Crippen MR) is 152 cm³/mol. The number of amides is 1. The fraction of sp³-hybridized carbons (Fsp3) is 0.290. The average molecular weight is 543 g/mol. The second-order valence-corrected chi connectivity index (χ2v) is 11.8. The van der Waals surface area contributed by atoms with Gasteiger partial charge in [0.15, 0.2) is 5.69 Å². The molecule has 2 saturated carbocycles. The highest BCUT2D eigenvalue weighted by Gasteiger charge is 2.46. The molecule has 1 amide bonds. The van der Waals surface area contributed by atoms with Crippen molar-refractivity contribution in [3.63, 3.8) is 0 Å². The lowest BCUT2D eigenvalue weighted by Gasteiger charge is -2.38. The number of nitrogens with one attached hydrogen (secondary N) is 1. The van der Waals surface area contributed by atoms with Crippen molar-refractivity contribution in [3.8, 4) is 5.69 Å². The fourth-order valence-electron chi connectivity index (χ4n) is 7.14. The van der Waals surface area contributed by atoms with E-state index in [9.17, 15) is 4.79 Å². The van der Waals surface area contributed by atoms with Crippen molar-refractivity contribution in [1.82, 2.24) is 15.2 Å². The van der Waals surface area contributed by atoms with Crippen molar-refractivity contribution in [2.24, 2.45) is 11.8 Å². The molecular weight excluding hydrogens is 515 g/mol. The predicted octanol–water partition coefficient (Wildman–Crippen LogP) is 8.05. The number of benzene rings is 3. The zero-order valence-electron chi connectivity index (χ0n) is 20.9. The topological polar surface area (TPSA) is 50.2 Å². The third-order valence-electron chi connectivity index (χ3n) is 8.49. The van der Waals surface area contributed by atoms with Gasteiger partial charge in [-0.2, -0.15) is 5.10 Å². The van der Waals surface area contributed by atoms with E-state index in [1.807, 2.05) is 82.5 Å². The third-order valence-corrected chi connectivity index (χ3v) is 9.03. The number of carbonyl (C=O) groups is 1. The number of rotatable bonds is 5. The summed E-state index contributed by atoms with van der Waals surface area (Å²) in [5.41, 5.74) is 8.50. The van der Waals surface area contributed by atoms with Crippen molar-refractivity contribution in [3.05, 3.63) is 106 Å². The second kappa shape index (κ2) is 9.48. The van der Waals surface area contributed by atoms with E-state index in [1.54, 1.807) is 6.07 Å². The van der Waals surface area contributed by atoms with Gasteiger partial charge in [-0.05, 0) is 92.3 Å². The summed E-state index contributed by atoms with van der Waals surface area (Å²) in [6.45, 7) is 0. The number of hydrazine groups is 1. The van der Waals surface area contributed by atoms with Gasteiger partial charge in [0.1, 0.15) is 0 Å². The van der Waals surface area contributed by atoms with Crippen LogP contribution in [0.15, 0.2) is 78.9 Å². The Labute approximate surface area is 232 Å². The molecular formula is C31H28Cl2N4O. The van der Waals surface area contributed by atoms with Crippen LogP contribution in [0.2, 0.25) is 10.0 Å². The molecule has 3 aromatic carbocycles. The van der Waals surface area contributed by atoms with Crippen LogP contribution < -0.4 is 10.4 Å². The molecule has 192 valence electrons. The van der Waals surface area contributed by atoms with E-state index in [4.69, 9.17) is 28.3 Å². The molecule has 2 atom stereocenters. The lowest BCUT2D eigenvalue weighted by Crippen LogP contribution is -2.39. The van der Waals surface area contributed by atoms with Crippen LogP contribution in [0.25, 0.3) is 5.69 Å². The first kappa shape index (κ1) is 23.8. The summed E-state index contributed by atoms with van der Waals surface area (Å²) < 4.78 is 1.95. The Hall–Kier alpha value is -3.28. The highest BCUT2D eigenvalue weighted by Crippen LogP contribution is 2.57. The van der Waals surface area contributed by atoms with Gasteiger partial charge in [-0.1, -0.05) is 59.6 Å². The molecule has 0 aliphatic heterocycles. The zero-order valence-corrected chi connectivity index (χ0v) is 22.4. The SMILES string of the molecule is O=C(NN(c1ccccc1)c1ccccc1)c1nn(-c2ccc(Cl)cc2Cl)c2c1C1CC3CC(C1)CC2C3. The van der Waals surface area contributed by atoms with E-state index in [-0.39, 0.29) is 5.91 Å². The minimum absolute atomic E-state index is 0.209. The highest BCUT2D eigenvalue weighted by molar-refractivity contribution is 6.35. The number of hydrogen-bond donors (Lipinski definition) is 1. The Morgan fingerprint density at radius 2 is 1.42 bits per heavy atom. The lowest BCUT2D eigenvalue weighted by atomic mass is 9.67. The first-order valence-corrected chi connectivity index (χ1v) is 14.1. The number of hydrogen-bond acceptors (Lipinski definition) is 3. The molecule has 4 aliphatic rings. The van der Waals surface area contributed by atoms with E-state index in [2.05, 4.69) is 5.43 Å². The van der Waals surface area contributed by atoms with Crippen molar-refractivity contribution in [1.29, 1.82) is 0 Å². The van der Waals surface area contributed by atoms with Crippen molar-refractivity contribution >= 4 is 40.5 Å².